The highest BCUT2D eigenvalue weighted by atomic mass is 32.2. The predicted molar refractivity (Wildman–Crippen MR) is 148 cm³/mol. The van der Waals surface area contributed by atoms with Crippen LogP contribution in [0, 0.1) is 0 Å². The van der Waals surface area contributed by atoms with Gasteiger partial charge in [-0.2, -0.15) is 0 Å². The number of H-pyrrole nitrogens is 1. The van der Waals surface area contributed by atoms with Gasteiger partial charge in [0.25, 0.3) is 5.56 Å². The molecule has 1 N–H and O–H groups in total. The number of nitrogens with one attached hydrogen (secondary N) is 1. The minimum absolute atomic E-state index is 0.0649. The second-order valence-corrected chi connectivity index (χ2v) is 10.1. The maximum Gasteiger partial charge on any atom is 0.259 e. The second-order valence-electron chi connectivity index (χ2n) is 9.01. The molecule has 0 saturated carbocycles. The molecular weight excluding hydrogens is 468 g/mol. The average molecular weight is 501 g/mol. The molecule has 1 aromatic heterocycles. The molecule has 0 aliphatic carbocycles. The third-order valence-electron chi connectivity index (χ3n) is 6.55. The second kappa shape index (κ2) is 12.2. The lowest BCUT2D eigenvalue weighted by Crippen LogP contribution is -2.47. The van der Waals surface area contributed by atoms with E-state index in [-0.39, 0.29) is 5.56 Å². The molecule has 7 heteroatoms. The fourth-order valence-corrected chi connectivity index (χ4v) is 5.36. The lowest BCUT2D eigenvalue weighted by molar-refractivity contribution is 0.131. The summed E-state index contributed by atoms with van der Waals surface area (Å²) < 4.78 is 5.97. The van der Waals surface area contributed by atoms with Crippen LogP contribution in [0.15, 0.2) is 88.8 Å². The van der Waals surface area contributed by atoms with Gasteiger partial charge in [0, 0.05) is 45.0 Å². The van der Waals surface area contributed by atoms with Gasteiger partial charge in [0.05, 0.1) is 17.5 Å². The summed E-state index contributed by atoms with van der Waals surface area (Å²) in [5.74, 6) is 1.84. The zero-order valence-electron chi connectivity index (χ0n) is 20.4. The van der Waals surface area contributed by atoms with E-state index >= 15 is 0 Å². The number of aromatic amines is 1. The van der Waals surface area contributed by atoms with E-state index in [1.54, 1.807) is 11.8 Å². The molecular formula is C29H32N4O2S. The topological polar surface area (TPSA) is 61.5 Å². The number of hydrogen-bond donors (Lipinski definition) is 1. The zero-order chi connectivity index (χ0) is 24.6. The lowest BCUT2D eigenvalue weighted by atomic mass is 10.1. The first-order valence-electron chi connectivity index (χ1n) is 12.6. The number of benzene rings is 3. The standard InChI is InChI=1S/C29H32N4O2S/c34-28-26-9-4-5-10-27(26)30-29(31-28)36-22-20-33-18-16-32(17-19-33)15-6-21-35-25-13-11-24(12-14-25)23-7-2-1-3-8-23/h1-5,7-14H,6,15-22H2,(H,30,31,34). The molecule has 6 nitrogen and oxygen atoms in total. The van der Waals surface area contributed by atoms with Gasteiger partial charge < -0.3 is 14.6 Å². The van der Waals surface area contributed by atoms with Gasteiger partial charge in [0.15, 0.2) is 5.16 Å². The molecule has 186 valence electrons. The molecule has 1 aliphatic rings. The first-order chi connectivity index (χ1) is 17.7. The van der Waals surface area contributed by atoms with E-state index in [9.17, 15) is 4.79 Å². The molecule has 0 unspecified atom stereocenters. The van der Waals surface area contributed by atoms with Gasteiger partial charge in [-0.15, -0.1) is 0 Å². The van der Waals surface area contributed by atoms with Gasteiger partial charge in [-0.05, 0) is 41.8 Å². The van der Waals surface area contributed by atoms with Gasteiger partial charge in [0.1, 0.15) is 5.75 Å². The van der Waals surface area contributed by atoms with Crippen LogP contribution >= 0.6 is 11.8 Å². The minimum atomic E-state index is -0.0649. The molecule has 4 aromatic rings. The summed E-state index contributed by atoms with van der Waals surface area (Å²) in [6.07, 6.45) is 1.03. The molecule has 0 radical (unpaired) electrons. The largest absolute Gasteiger partial charge is 0.494 e. The summed E-state index contributed by atoms with van der Waals surface area (Å²) in [4.78, 5) is 24.7. The normalized spacial score (nSPS) is 14.8. The number of rotatable bonds is 10. The van der Waals surface area contributed by atoms with Crippen LogP contribution in [-0.4, -0.2) is 71.4 Å². The van der Waals surface area contributed by atoms with Crippen LogP contribution < -0.4 is 10.3 Å². The molecule has 3 aromatic carbocycles. The minimum Gasteiger partial charge on any atom is -0.494 e. The van der Waals surface area contributed by atoms with E-state index < -0.39 is 0 Å². The zero-order valence-corrected chi connectivity index (χ0v) is 21.3. The fraction of sp³-hybridized carbons (Fsp3) is 0.310. The molecule has 1 saturated heterocycles. The molecule has 0 bridgehead atoms. The van der Waals surface area contributed by atoms with Crippen LogP contribution in [0.1, 0.15) is 6.42 Å². The Balaban J connectivity index is 0.972. The Morgan fingerprint density at radius 3 is 2.25 bits per heavy atom. The summed E-state index contributed by atoms with van der Waals surface area (Å²) in [5, 5.41) is 1.34. The fourth-order valence-electron chi connectivity index (χ4n) is 4.49. The van der Waals surface area contributed by atoms with Crippen molar-refractivity contribution in [2.24, 2.45) is 0 Å². The van der Waals surface area contributed by atoms with Crippen molar-refractivity contribution >= 4 is 22.7 Å². The monoisotopic (exact) mass is 500 g/mol. The van der Waals surface area contributed by atoms with Gasteiger partial charge in [-0.3, -0.25) is 9.69 Å². The molecule has 36 heavy (non-hydrogen) atoms. The van der Waals surface area contributed by atoms with Crippen molar-refractivity contribution < 1.29 is 4.74 Å². The lowest BCUT2D eigenvalue weighted by Gasteiger charge is -2.34. The number of hydrogen-bond acceptors (Lipinski definition) is 6. The molecule has 0 amide bonds. The number of piperazine rings is 1. The van der Waals surface area contributed by atoms with Crippen LogP contribution in [0.4, 0.5) is 0 Å². The number of thioether (sulfide) groups is 1. The van der Waals surface area contributed by atoms with Crippen LogP contribution in [0.5, 0.6) is 5.75 Å². The Kier molecular flexibility index (Phi) is 8.33. The molecule has 0 atom stereocenters. The Morgan fingerprint density at radius 2 is 1.47 bits per heavy atom. The molecule has 1 aliphatic heterocycles. The highest BCUT2D eigenvalue weighted by Crippen LogP contribution is 2.22. The van der Waals surface area contributed by atoms with Gasteiger partial charge in [-0.25, -0.2) is 4.98 Å². The summed E-state index contributed by atoms with van der Waals surface area (Å²) in [6, 6.07) is 26.2. The molecule has 2 heterocycles. The van der Waals surface area contributed by atoms with Crippen molar-refractivity contribution in [3.05, 3.63) is 89.2 Å². The maximum absolute atomic E-state index is 12.2. The SMILES string of the molecule is O=c1[nH]c(SCCN2CCN(CCCOc3ccc(-c4ccccc4)cc3)CC2)nc2ccccc12. The number of fused-ring (bicyclic) bond motifs is 1. The summed E-state index contributed by atoms with van der Waals surface area (Å²) >= 11 is 1.62. The number of para-hydroxylation sites is 1. The number of ether oxygens (including phenoxy) is 1. The van der Waals surface area contributed by atoms with Crippen molar-refractivity contribution in [1.29, 1.82) is 0 Å². The first kappa shape index (κ1) is 24.6. The smallest absolute Gasteiger partial charge is 0.259 e. The Hall–Kier alpha value is -3.13. The van der Waals surface area contributed by atoms with Gasteiger partial charge >= 0.3 is 0 Å². The van der Waals surface area contributed by atoms with Crippen molar-refractivity contribution in [2.45, 2.75) is 11.6 Å². The Labute approximate surface area is 216 Å². The highest BCUT2D eigenvalue weighted by Gasteiger charge is 2.16. The van der Waals surface area contributed by atoms with Gasteiger partial charge in [0.2, 0.25) is 0 Å². The first-order valence-corrected chi connectivity index (χ1v) is 13.6. The van der Waals surface area contributed by atoms with Gasteiger partial charge in [-0.1, -0.05) is 66.4 Å². The quantitative estimate of drug-likeness (QED) is 0.192. The van der Waals surface area contributed by atoms with Crippen LogP contribution in [0.25, 0.3) is 22.0 Å². The van der Waals surface area contributed by atoms with Crippen LogP contribution in [0.2, 0.25) is 0 Å². The van der Waals surface area contributed by atoms with E-state index in [0.717, 1.165) is 69.3 Å². The summed E-state index contributed by atoms with van der Waals surface area (Å²) in [5.41, 5.74) is 3.12. The van der Waals surface area contributed by atoms with E-state index in [4.69, 9.17) is 4.74 Å². The van der Waals surface area contributed by atoms with E-state index in [2.05, 4.69) is 68.3 Å². The maximum atomic E-state index is 12.2. The van der Waals surface area contributed by atoms with Crippen LogP contribution in [0.3, 0.4) is 0 Å². The summed E-state index contributed by atoms with van der Waals surface area (Å²) in [7, 11) is 0. The Bertz CT molecular complexity index is 1300. The van der Waals surface area contributed by atoms with Crippen molar-refractivity contribution in [3.63, 3.8) is 0 Å². The molecule has 0 spiro atoms. The average Bonchev–Trinajstić information content (AvgIpc) is 2.93. The third-order valence-corrected chi connectivity index (χ3v) is 7.40. The Morgan fingerprint density at radius 1 is 0.806 bits per heavy atom. The molecule has 5 rings (SSSR count). The number of nitrogens with zero attached hydrogens (tertiary/aromatic N) is 3. The van der Waals surface area contributed by atoms with Crippen molar-refractivity contribution in [2.75, 3.05) is 51.6 Å². The van der Waals surface area contributed by atoms with Crippen LogP contribution in [-0.2, 0) is 0 Å². The third kappa shape index (κ3) is 6.55. The predicted octanol–water partition coefficient (Wildman–Crippen LogP) is 4.77. The van der Waals surface area contributed by atoms with E-state index in [1.807, 2.05) is 30.3 Å². The summed E-state index contributed by atoms with van der Waals surface area (Å²) in [6.45, 7) is 7.11. The van der Waals surface area contributed by atoms with E-state index in [0.29, 0.717) is 10.5 Å². The van der Waals surface area contributed by atoms with Crippen molar-refractivity contribution in [3.8, 4) is 16.9 Å². The van der Waals surface area contributed by atoms with Crippen molar-refractivity contribution in [1.82, 2.24) is 19.8 Å². The van der Waals surface area contributed by atoms with E-state index in [1.165, 1.54) is 11.1 Å². The molecule has 1 fully saturated rings. The highest BCUT2D eigenvalue weighted by molar-refractivity contribution is 7.99. The number of aromatic nitrogens is 2.